The molecule has 1 aliphatic carbocycles. The van der Waals surface area contributed by atoms with E-state index in [0.29, 0.717) is 17.0 Å². The summed E-state index contributed by atoms with van der Waals surface area (Å²) in [5.41, 5.74) is 0.727. The molecule has 7 nitrogen and oxygen atoms in total. The molecule has 0 saturated heterocycles. The molecular formula is C17H20N6OS2. The molecular weight excluding hydrogens is 368 g/mol. The van der Waals surface area contributed by atoms with Gasteiger partial charge in [-0.1, -0.05) is 43.2 Å². The summed E-state index contributed by atoms with van der Waals surface area (Å²) >= 11 is 2.76. The zero-order valence-corrected chi connectivity index (χ0v) is 15.9. The number of hydrogen-bond donors (Lipinski definition) is 1. The van der Waals surface area contributed by atoms with Gasteiger partial charge in [0, 0.05) is 4.90 Å². The molecule has 0 atom stereocenters. The van der Waals surface area contributed by atoms with Crippen LogP contribution in [0.25, 0.3) is 0 Å². The standard InChI is InChI=1S/C17H20N6OS2/c18-10-11-25-15-9-5-4-8-14(15)19-16(24)12-26-17-20-21-22-23(17)13-6-2-1-3-7-13/h4-5,8-9,13H,1-3,6-7,11-12H2,(H,19,24). The third kappa shape index (κ3) is 4.99. The minimum Gasteiger partial charge on any atom is -0.324 e. The van der Waals surface area contributed by atoms with E-state index in [1.165, 1.54) is 42.8 Å². The Morgan fingerprint density at radius 3 is 2.88 bits per heavy atom. The van der Waals surface area contributed by atoms with Crippen molar-refractivity contribution in [3.05, 3.63) is 24.3 Å². The molecule has 1 heterocycles. The van der Waals surface area contributed by atoms with Gasteiger partial charge in [0.1, 0.15) is 0 Å². The third-order valence-corrected chi connectivity index (χ3v) is 6.04. The molecule has 2 aromatic rings. The van der Waals surface area contributed by atoms with Crippen molar-refractivity contribution < 1.29 is 4.79 Å². The van der Waals surface area contributed by atoms with Crippen LogP contribution in [-0.2, 0) is 4.79 Å². The molecule has 26 heavy (non-hydrogen) atoms. The molecule has 1 aromatic heterocycles. The number of carbonyl (C=O) groups is 1. The maximum absolute atomic E-state index is 12.3. The van der Waals surface area contributed by atoms with Crippen molar-refractivity contribution in [1.29, 1.82) is 5.26 Å². The summed E-state index contributed by atoms with van der Waals surface area (Å²) in [7, 11) is 0. The summed E-state index contributed by atoms with van der Waals surface area (Å²) in [6.07, 6.45) is 5.85. The Kier molecular flexibility index (Phi) is 6.91. The number of thioether (sulfide) groups is 2. The van der Waals surface area contributed by atoms with E-state index in [2.05, 4.69) is 26.9 Å². The molecule has 0 aliphatic heterocycles. The average Bonchev–Trinajstić information content (AvgIpc) is 3.15. The molecule has 9 heteroatoms. The number of tetrazole rings is 1. The molecule has 1 aliphatic rings. The molecule has 1 fully saturated rings. The van der Waals surface area contributed by atoms with Crippen LogP contribution in [0.5, 0.6) is 0 Å². The van der Waals surface area contributed by atoms with Gasteiger partial charge in [0.2, 0.25) is 11.1 Å². The van der Waals surface area contributed by atoms with Crippen molar-refractivity contribution >= 4 is 35.1 Å². The minimum atomic E-state index is -0.113. The zero-order chi connectivity index (χ0) is 18.2. The second kappa shape index (κ2) is 9.59. The molecule has 1 aromatic carbocycles. The number of para-hydroxylation sites is 1. The fourth-order valence-electron chi connectivity index (χ4n) is 2.96. The maximum atomic E-state index is 12.3. The third-order valence-electron chi connectivity index (χ3n) is 4.17. The molecule has 136 valence electrons. The number of nitrogens with one attached hydrogen (secondary N) is 1. The van der Waals surface area contributed by atoms with Crippen molar-refractivity contribution in [1.82, 2.24) is 20.2 Å². The molecule has 0 bridgehead atoms. The molecule has 0 unspecified atom stereocenters. The summed E-state index contributed by atoms with van der Waals surface area (Å²) in [6.45, 7) is 0. The number of nitrogens with zero attached hydrogens (tertiary/aromatic N) is 5. The van der Waals surface area contributed by atoms with Gasteiger partial charge in [-0.15, -0.1) is 16.9 Å². The lowest BCUT2D eigenvalue weighted by molar-refractivity contribution is -0.113. The largest absolute Gasteiger partial charge is 0.324 e. The van der Waals surface area contributed by atoms with Crippen molar-refractivity contribution in [3.8, 4) is 6.07 Å². The summed E-state index contributed by atoms with van der Waals surface area (Å²) in [5, 5.41) is 24.3. The fraction of sp³-hybridized carbons (Fsp3) is 0.471. The lowest BCUT2D eigenvalue weighted by Crippen LogP contribution is -2.17. The van der Waals surface area contributed by atoms with E-state index >= 15 is 0 Å². The number of nitriles is 1. The molecule has 1 saturated carbocycles. The molecule has 0 radical (unpaired) electrons. The van der Waals surface area contributed by atoms with Gasteiger partial charge in [-0.3, -0.25) is 4.79 Å². The van der Waals surface area contributed by atoms with Crippen LogP contribution in [0, 0.1) is 11.3 Å². The van der Waals surface area contributed by atoms with E-state index in [-0.39, 0.29) is 11.7 Å². The quantitative estimate of drug-likeness (QED) is 0.725. The fourth-order valence-corrected chi connectivity index (χ4v) is 4.37. The number of hydrogen-bond acceptors (Lipinski definition) is 7. The maximum Gasteiger partial charge on any atom is 0.234 e. The van der Waals surface area contributed by atoms with Gasteiger partial charge in [-0.05, 0) is 35.4 Å². The lowest BCUT2D eigenvalue weighted by Gasteiger charge is -2.21. The van der Waals surface area contributed by atoms with E-state index in [1.807, 2.05) is 28.9 Å². The van der Waals surface area contributed by atoms with E-state index in [1.54, 1.807) is 0 Å². The summed E-state index contributed by atoms with van der Waals surface area (Å²) in [5.74, 6) is 0.473. The normalized spacial score (nSPS) is 14.7. The van der Waals surface area contributed by atoms with Crippen molar-refractivity contribution in [2.75, 3.05) is 16.8 Å². The molecule has 1 N–H and O–H groups in total. The first-order chi connectivity index (χ1) is 12.8. The Bertz CT molecular complexity index is 782. The lowest BCUT2D eigenvalue weighted by atomic mass is 9.96. The smallest absolute Gasteiger partial charge is 0.234 e. The monoisotopic (exact) mass is 388 g/mol. The van der Waals surface area contributed by atoms with Gasteiger partial charge in [0.25, 0.3) is 0 Å². The van der Waals surface area contributed by atoms with Gasteiger partial charge in [-0.2, -0.15) is 5.26 Å². The summed E-state index contributed by atoms with van der Waals surface area (Å²) < 4.78 is 1.87. The van der Waals surface area contributed by atoms with Crippen molar-refractivity contribution in [2.24, 2.45) is 0 Å². The molecule has 1 amide bonds. The Morgan fingerprint density at radius 2 is 2.08 bits per heavy atom. The van der Waals surface area contributed by atoms with Crippen LogP contribution >= 0.6 is 23.5 Å². The number of rotatable bonds is 7. The number of amides is 1. The Morgan fingerprint density at radius 1 is 1.27 bits per heavy atom. The van der Waals surface area contributed by atoms with E-state index in [0.717, 1.165) is 23.4 Å². The van der Waals surface area contributed by atoms with Crippen LogP contribution in [0.1, 0.15) is 38.1 Å². The van der Waals surface area contributed by atoms with Gasteiger partial charge >= 0.3 is 0 Å². The SMILES string of the molecule is N#CCSc1ccccc1NC(=O)CSc1nnnn1C1CCCCC1. The first-order valence-electron chi connectivity index (χ1n) is 8.57. The predicted octanol–water partition coefficient (Wildman–Crippen LogP) is 3.52. The topological polar surface area (TPSA) is 96.5 Å². The molecule has 3 rings (SSSR count). The van der Waals surface area contributed by atoms with Crippen LogP contribution in [0.2, 0.25) is 0 Å². The second-order valence-electron chi connectivity index (χ2n) is 5.98. The predicted molar refractivity (Wildman–Crippen MR) is 102 cm³/mol. The summed E-state index contributed by atoms with van der Waals surface area (Å²) in [6, 6.07) is 9.93. The Hall–Kier alpha value is -2.05. The average molecular weight is 389 g/mol. The highest BCUT2D eigenvalue weighted by atomic mass is 32.2. The van der Waals surface area contributed by atoms with Crippen LogP contribution in [-0.4, -0.2) is 37.6 Å². The number of anilines is 1. The van der Waals surface area contributed by atoms with Gasteiger partial charge in [0.15, 0.2) is 0 Å². The highest BCUT2D eigenvalue weighted by molar-refractivity contribution is 8.00. The minimum absolute atomic E-state index is 0.113. The highest BCUT2D eigenvalue weighted by Gasteiger charge is 2.21. The van der Waals surface area contributed by atoms with Gasteiger partial charge in [-0.25, -0.2) is 4.68 Å². The van der Waals surface area contributed by atoms with E-state index in [4.69, 9.17) is 5.26 Å². The summed E-state index contributed by atoms with van der Waals surface area (Å²) in [4.78, 5) is 13.2. The Balaban J connectivity index is 1.57. The highest BCUT2D eigenvalue weighted by Crippen LogP contribution is 2.30. The number of carbonyl (C=O) groups excluding carboxylic acids is 1. The van der Waals surface area contributed by atoms with Gasteiger partial charge in [0.05, 0.1) is 29.3 Å². The van der Waals surface area contributed by atoms with E-state index in [9.17, 15) is 4.79 Å². The van der Waals surface area contributed by atoms with Crippen molar-refractivity contribution in [2.45, 2.75) is 48.2 Å². The number of aromatic nitrogens is 4. The van der Waals surface area contributed by atoms with Gasteiger partial charge < -0.3 is 5.32 Å². The second-order valence-corrected chi connectivity index (χ2v) is 7.94. The van der Waals surface area contributed by atoms with E-state index < -0.39 is 0 Å². The first-order valence-corrected chi connectivity index (χ1v) is 10.5. The van der Waals surface area contributed by atoms with Crippen LogP contribution < -0.4 is 5.32 Å². The number of benzene rings is 1. The van der Waals surface area contributed by atoms with Crippen LogP contribution in [0.3, 0.4) is 0 Å². The van der Waals surface area contributed by atoms with Crippen molar-refractivity contribution in [3.63, 3.8) is 0 Å². The zero-order valence-electron chi connectivity index (χ0n) is 14.3. The molecule has 0 spiro atoms. The Labute approximate surface area is 160 Å². The van der Waals surface area contributed by atoms with Crippen LogP contribution in [0.4, 0.5) is 5.69 Å². The van der Waals surface area contributed by atoms with Crippen LogP contribution in [0.15, 0.2) is 34.3 Å². The first kappa shape index (κ1) is 18.7.